The molecule has 7 rings (SSSR count). The summed E-state index contributed by atoms with van der Waals surface area (Å²) in [4.78, 5) is 16.1. The molecule has 5 aromatic rings. The van der Waals surface area contributed by atoms with E-state index in [0.29, 0.717) is 25.9 Å². The summed E-state index contributed by atoms with van der Waals surface area (Å²) < 4.78 is 27.2. The van der Waals surface area contributed by atoms with Gasteiger partial charge in [-0.25, -0.2) is 18.7 Å². The molecule has 0 unspecified atom stereocenters. The smallest absolute Gasteiger partial charge is 0.124 e. The van der Waals surface area contributed by atoms with Crippen LogP contribution < -0.4 is 10.6 Å². The second kappa shape index (κ2) is 8.50. The second-order valence-electron chi connectivity index (χ2n) is 9.87. The van der Waals surface area contributed by atoms with Gasteiger partial charge in [0.15, 0.2) is 0 Å². The minimum atomic E-state index is -0.818. The zero-order valence-corrected chi connectivity index (χ0v) is 19.6. The number of nitrogens with zero attached hydrogens (tertiary/aromatic N) is 2. The summed E-state index contributed by atoms with van der Waals surface area (Å²) in [6, 6.07) is 20.7. The van der Waals surface area contributed by atoms with Crippen LogP contribution in [0.5, 0.6) is 0 Å². The highest BCUT2D eigenvalue weighted by atomic mass is 19.1. The summed E-state index contributed by atoms with van der Waals surface area (Å²) in [5.41, 5.74) is 8.04. The highest BCUT2D eigenvalue weighted by molar-refractivity contribution is 5.84. The first-order valence-electron chi connectivity index (χ1n) is 12.4. The van der Waals surface area contributed by atoms with Gasteiger partial charge in [0, 0.05) is 25.9 Å². The number of nitrogens with one attached hydrogen (secondary N) is 4. The molecular weight excluding hydrogens is 458 g/mol. The van der Waals surface area contributed by atoms with Crippen LogP contribution >= 0.6 is 0 Å². The molecule has 8 heteroatoms. The van der Waals surface area contributed by atoms with Gasteiger partial charge < -0.3 is 20.6 Å². The lowest BCUT2D eigenvalue weighted by molar-refractivity contribution is 0.354. The number of halogens is 2. The van der Waals surface area contributed by atoms with Crippen molar-refractivity contribution >= 4 is 22.1 Å². The number of aromatic nitrogens is 4. The highest BCUT2D eigenvalue weighted by Crippen LogP contribution is 2.31. The van der Waals surface area contributed by atoms with Crippen LogP contribution in [-0.2, 0) is 0 Å². The van der Waals surface area contributed by atoms with E-state index in [1.165, 1.54) is 0 Å². The van der Waals surface area contributed by atoms with Gasteiger partial charge in [-0.2, -0.15) is 0 Å². The Morgan fingerprint density at radius 3 is 1.39 bits per heavy atom. The third kappa shape index (κ3) is 3.86. The molecule has 0 radical (unpaired) electrons. The van der Waals surface area contributed by atoms with Crippen LogP contribution in [0.1, 0.15) is 36.6 Å². The molecule has 2 fully saturated rings. The zero-order chi connectivity index (χ0) is 24.2. The fraction of sp³-hybridized carbons (Fsp3) is 0.286. The number of alkyl halides is 2. The van der Waals surface area contributed by atoms with Crippen LogP contribution in [0.2, 0.25) is 0 Å². The number of hydrogen-bond acceptors (Lipinski definition) is 4. The quantitative estimate of drug-likeness (QED) is 0.271. The van der Waals surface area contributed by atoms with Crippen molar-refractivity contribution < 1.29 is 8.78 Å². The van der Waals surface area contributed by atoms with Gasteiger partial charge in [-0.15, -0.1) is 0 Å². The molecule has 0 spiro atoms. The Morgan fingerprint density at radius 2 is 1.00 bits per heavy atom. The van der Waals surface area contributed by atoms with Gasteiger partial charge in [0.2, 0.25) is 0 Å². The molecule has 2 aliphatic heterocycles. The Morgan fingerprint density at radius 1 is 0.583 bits per heavy atom. The predicted octanol–water partition coefficient (Wildman–Crippen LogP) is 5.52. The molecule has 4 N–H and O–H groups in total. The molecule has 2 aliphatic rings. The lowest BCUT2D eigenvalue weighted by Crippen LogP contribution is -2.14. The average Bonchev–Trinajstić information content (AvgIpc) is 3.68. The fourth-order valence-corrected chi connectivity index (χ4v) is 5.40. The Labute approximate surface area is 206 Å². The van der Waals surface area contributed by atoms with Crippen LogP contribution in [0, 0.1) is 0 Å². The van der Waals surface area contributed by atoms with Gasteiger partial charge >= 0.3 is 0 Å². The van der Waals surface area contributed by atoms with Crippen molar-refractivity contribution in [2.75, 3.05) is 13.1 Å². The molecule has 3 aromatic carbocycles. The first-order valence-corrected chi connectivity index (χ1v) is 12.4. The molecular formula is C28H26F2N6. The predicted molar refractivity (Wildman–Crippen MR) is 137 cm³/mol. The zero-order valence-electron chi connectivity index (χ0n) is 19.6. The summed E-state index contributed by atoms with van der Waals surface area (Å²) in [5.74, 6) is 1.59. The van der Waals surface area contributed by atoms with E-state index in [-0.39, 0.29) is 12.1 Å². The van der Waals surface area contributed by atoms with Crippen molar-refractivity contribution in [3.63, 3.8) is 0 Å². The molecule has 0 saturated carbocycles. The van der Waals surface area contributed by atoms with E-state index in [2.05, 4.69) is 69.1 Å². The third-order valence-electron chi connectivity index (χ3n) is 7.37. The Bertz CT molecular complexity index is 1440. The number of benzene rings is 3. The SMILES string of the molecule is F[C@H]1CN[C@H](c2nc3cc(-c4ccc(-c5ccc6[nH]c([C@@H]7C[C@@H](F)CN7)nc6c5)cc4)ccc3[nH]2)C1. The minimum absolute atomic E-state index is 0.0619. The molecule has 4 heterocycles. The number of H-pyrrole nitrogens is 2. The molecule has 2 aromatic heterocycles. The van der Waals surface area contributed by atoms with Gasteiger partial charge in [0.1, 0.15) is 24.0 Å². The first kappa shape index (κ1) is 21.6. The number of hydrogen-bond donors (Lipinski definition) is 4. The molecule has 4 atom stereocenters. The minimum Gasteiger partial charge on any atom is -0.341 e. The van der Waals surface area contributed by atoms with Gasteiger partial charge in [-0.1, -0.05) is 36.4 Å². The molecule has 2 saturated heterocycles. The van der Waals surface area contributed by atoms with Crippen molar-refractivity contribution in [2.45, 2.75) is 37.3 Å². The van der Waals surface area contributed by atoms with Crippen molar-refractivity contribution in [1.82, 2.24) is 30.6 Å². The van der Waals surface area contributed by atoms with E-state index in [0.717, 1.165) is 56.0 Å². The third-order valence-corrected chi connectivity index (χ3v) is 7.37. The Hall–Kier alpha value is -3.62. The highest BCUT2D eigenvalue weighted by Gasteiger charge is 2.28. The standard InChI is InChI=1S/C28H26F2N6/c29-19-11-25(31-13-19)27-33-21-7-5-17(9-23(21)35-27)15-1-2-16(4-3-15)18-6-8-22-24(10-18)36-28(34-22)26-12-20(30)14-32-26/h1-10,19-20,25-26,31-32H,11-14H2,(H,33,35)(H,34,36)/t19-,20-,25+,26+/m1/s1. The second-order valence-corrected chi connectivity index (χ2v) is 9.87. The number of fused-ring (bicyclic) bond motifs is 2. The normalized spacial score (nSPS) is 24.3. The van der Waals surface area contributed by atoms with Gasteiger partial charge in [-0.3, -0.25) is 0 Å². The van der Waals surface area contributed by atoms with E-state index in [1.807, 2.05) is 12.1 Å². The van der Waals surface area contributed by atoms with Crippen LogP contribution in [0.3, 0.4) is 0 Å². The first-order chi connectivity index (χ1) is 17.6. The van der Waals surface area contributed by atoms with Crippen molar-refractivity contribution in [3.05, 3.63) is 72.3 Å². The summed E-state index contributed by atoms with van der Waals surface area (Å²) in [7, 11) is 0. The van der Waals surface area contributed by atoms with Crippen LogP contribution in [-0.4, -0.2) is 45.4 Å². The lowest BCUT2D eigenvalue weighted by atomic mass is 10.00. The van der Waals surface area contributed by atoms with Gasteiger partial charge in [0.25, 0.3) is 0 Å². The maximum atomic E-state index is 13.6. The topological polar surface area (TPSA) is 81.4 Å². The van der Waals surface area contributed by atoms with Crippen LogP contribution in [0.25, 0.3) is 44.3 Å². The van der Waals surface area contributed by atoms with Crippen molar-refractivity contribution in [1.29, 1.82) is 0 Å². The molecule has 36 heavy (non-hydrogen) atoms. The molecule has 0 bridgehead atoms. The molecule has 182 valence electrons. The molecule has 0 aliphatic carbocycles. The van der Waals surface area contributed by atoms with E-state index in [4.69, 9.17) is 9.97 Å². The monoisotopic (exact) mass is 484 g/mol. The summed E-state index contributed by atoms with van der Waals surface area (Å²) in [5, 5.41) is 6.37. The average molecular weight is 485 g/mol. The number of rotatable bonds is 4. The van der Waals surface area contributed by atoms with Gasteiger partial charge in [0.05, 0.1) is 34.2 Å². The lowest BCUT2D eigenvalue weighted by Gasteiger charge is -2.05. The summed E-state index contributed by atoms with van der Waals surface area (Å²) >= 11 is 0. The Balaban J connectivity index is 1.13. The fourth-order valence-electron chi connectivity index (χ4n) is 5.40. The molecule has 0 amide bonds. The maximum absolute atomic E-state index is 13.6. The van der Waals surface area contributed by atoms with E-state index in [9.17, 15) is 8.78 Å². The van der Waals surface area contributed by atoms with E-state index in [1.54, 1.807) is 0 Å². The Kier molecular flexibility index (Phi) is 5.11. The number of aromatic amines is 2. The van der Waals surface area contributed by atoms with Crippen LogP contribution in [0.15, 0.2) is 60.7 Å². The maximum Gasteiger partial charge on any atom is 0.124 e. The van der Waals surface area contributed by atoms with Crippen molar-refractivity contribution in [3.8, 4) is 22.3 Å². The summed E-state index contributed by atoms with van der Waals surface area (Å²) in [6.07, 6.45) is -0.729. The van der Waals surface area contributed by atoms with E-state index < -0.39 is 12.3 Å². The van der Waals surface area contributed by atoms with Crippen LogP contribution in [0.4, 0.5) is 8.78 Å². The largest absolute Gasteiger partial charge is 0.341 e. The van der Waals surface area contributed by atoms with E-state index >= 15 is 0 Å². The molecule has 6 nitrogen and oxygen atoms in total. The van der Waals surface area contributed by atoms with Gasteiger partial charge in [-0.05, 0) is 46.5 Å². The van der Waals surface area contributed by atoms with Crippen molar-refractivity contribution in [2.24, 2.45) is 0 Å². The number of imidazole rings is 2. The summed E-state index contributed by atoms with van der Waals surface area (Å²) in [6.45, 7) is 0.760.